The van der Waals surface area contributed by atoms with Crippen molar-refractivity contribution >= 4 is 11.6 Å². The third-order valence-electron chi connectivity index (χ3n) is 2.71. The van der Waals surface area contributed by atoms with Crippen LogP contribution in [0.15, 0.2) is 42.5 Å². The Morgan fingerprint density at radius 1 is 1.14 bits per heavy atom. The summed E-state index contributed by atoms with van der Waals surface area (Å²) in [5.41, 5.74) is -0.495. The molecule has 0 aliphatic rings. The zero-order valence-corrected chi connectivity index (χ0v) is 11.3. The van der Waals surface area contributed by atoms with Crippen LogP contribution in [0.2, 0.25) is 0 Å². The van der Waals surface area contributed by atoms with E-state index in [0.29, 0.717) is 5.75 Å². The monoisotopic (exact) mass is 288 g/mol. The Balaban J connectivity index is 2.29. The highest BCUT2D eigenvalue weighted by Crippen LogP contribution is 2.30. The summed E-state index contributed by atoms with van der Waals surface area (Å²) >= 11 is 0. The standard InChI is InChI=1S/C16H13FO4/c1-10(18)7-14(19)16-13(17)8-12(9-15(16)20)21-11-5-3-2-4-6-11/h2-6,8-9,20H,7H2,1H3. The summed E-state index contributed by atoms with van der Waals surface area (Å²) in [6.45, 7) is 1.22. The van der Waals surface area contributed by atoms with Crippen LogP contribution in [-0.4, -0.2) is 16.7 Å². The zero-order valence-electron chi connectivity index (χ0n) is 11.3. The summed E-state index contributed by atoms with van der Waals surface area (Å²) in [6, 6.07) is 10.8. The maximum Gasteiger partial charge on any atom is 0.176 e. The number of hydrogen-bond acceptors (Lipinski definition) is 4. The van der Waals surface area contributed by atoms with Crippen molar-refractivity contribution in [2.45, 2.75) is 13.3 Å². The molecule has 2 aromatic carbocycles. The number of benzene rings is 2. The predicted octanol–water partition coefficient (Wildman–Crippen LogP) is 3.49. The van der Waals surface area contributed by atoms with Gasteiger partial charge in [0.05, 0.1) is 12.0 Å². The number of phenols is 1. The highest BCUT2D eigenvalue weighted by Gasteiger charge is 2.20. The molecule has 0 atom stereocenters. The first-order valence-electron chi connectivity index (χ1n) is 6.25. The Morgan fingerprint density at radius 3 is 2.38 bits per heavy atom. The van der Waals surface area contributed by atoms with Crippen LogP contribution in [0.5, 0.6) is 17.2 Å². The van der Waals surface area contributed by atoms with E-state index in [2.05, 4.69) is 0 Å². The van der Waals surface area contributed by atoms with Crippen molar-refractivity contribution in [3.63, 3.8) is 0 Å². The van der Waals surface area contributed by atoms with E-state index in [1.807, 2.05) is 0 Å². The van der Waals surface area contributed by atoms with Crippen molar-refractivity contribution in [3.05, 3.63) is 53.8 Å². The number of ketones is 2. The molecular weight excluding hydrogens is 275 g/mol. The topological polar surface area (TPSA) is 63.6 Å². The highest BCUT2D eigenvalue weighted by atomic mass is 19.1. The van der Waals surface area contributed by atoms with Gasteiger partial charge in [-0.3, -0.25) is 9.59 Å². The van der Waals surface area contributed by atoms with Gasteiger partial charge in [0.2, 0.25) is 0 Å². The summed E-state index contributed by atoms with van der Waals surface area (Å²) in [5, 5.41) is 9.78. The maximum absolute atomic E-state index is 13.9. The fourth-order valence-electron chi connectivity index (χ4n) is 1.84. The maximum atomic E-state index is 13.9. The average Bonchev–Trinajstić information content (AvgIpc) is 2.38. The number of carbonyl (C=O) groups is 2. The number of phenolic OH excluding ortho intramolecular Hbond substituents is 1. The van der Waals surface area contributed by atoms with E-state index in [4.69, 9.17) is 4.74 Å². The second kappa shape index (κ2) is 6.17. The molecule has 108 valence electrons. The zero-order chi connectivity index (χ0) is 15.4. The average molecular weight is 288 g/mol. The SMILES string of the molecule is CC(=O)CC(=O)c1c(O)cc(Oc2ccccc2)cc1F. The molecule has 0 bridgehead atoms. The van der Waals surface area contributed by atoms with Crippen LogP contribution >= 0.6 is 0 Å². The van der Waals surface area contributed by atoms with Gasteiger partial charge >= 0.3 is 0 Å². The van der Waals surface area contributed by atoms with Crippen LogP contribution in [0.25, 0.3) is 0 Å². The smallest absolute Gasteiger partial charge is 0.176 e. The Labute approximate surface area is 120 Å². The van der Waals surface area contributed by atoms with Gasteiger partial charge in [0.1, 0.15) is 28.8 Å². The molecule has 4 nitrogen and oxygen atoms in total. The van der Waals surface area contributed by atoms with Crippen LogP contribution in [0.1, 0.15) is 23.7 Å². The van der Waals surface area contributed by atoms with Crippen LogP contribution in [0.3, 0.4) is 0 Å². The number of aromatic hydroxyl groups is 1. The van der Waals surface area contributed by atoms with Crippen molar-refractivity contribution in [1.29, 1.82) is 0 Å². The molecule has 0 aromatic heterocycles. The third-order valence-corrected chi connectivity index (χ3v) is 2.71. The van der Waals surface area contributed by atoms with Gasteiger partial charge in [0.25, 0.3) is 0 Å². The first-order valence-corrected chi connectivity index (χ1v) is 6.25. The second-order valence-electron chi connectivity index (χ2n) is 4.52. The normalized spacial score (nSPS) is 10.2. The van der Waals surface area contributed by atoms with Crippen LogP contribution in [0.4, 0.5) is 4.39 Å². The van der Waals surface area contributed by atoms with E-state index < -0.39 is 35.1 Å². The molecule has 0 heterocycles. The van der Waals surface area contributed by atoms with Crippen molar-refractivity contribution in [2.24, 2.45) is 0 Å². The molecule has 2 aromatic rings. The lowest BCUT2D eigenvalue weighted by Gasteiger charge is -2.09. The largest absolute Gasteiger partial charge is 0.507 e. The molecular formula is C16H13FO4. The number of para-hydroxylation sites is 1. The second-order valence-corrected chi connectivity index (χ2v) is 4.52. The van der Waals surface area contributed by atoms with E-state index in [1.165, 1.54) is 6.92 Å². The van der Waals surface area contributed by atoms with E-state index in [0.717, 1.165) is 12.1 Å². The number of Topliss-reactive ketones (excluding diaryl/α,β-unsaturated/α-hetero) is 2. The molecule has 2 rings (SSSR count). The molecule has 1 N–H and O–H groups in total. The van der Waals surface area contributed by atoms with Crippen LogP contribution in [0, 0.1) is 5.82 Å². The number of carbonyl (C=O) groups excluding carboxylic acids is 2. The van der Waals surface area contributed by atoms with Gasteiger partial charge in [-0.05, 0) is 19.1 Å². The molecule has 0 spiro atoms. The summed E-state index contributed by atoms with van der Waals surface area (Å²) in [4.78, 5) is 22.6. The molecule has 0 radical (unpaired) electrons. The van der Waals surface area contributed by atoms with Crippen LogP contribution in [-0.2, 0) is 4.79 Å². The van der Waals surface area contributed by atoms with Gasteiger partial charge in [-0.15, -0.1) is 0 Å². The van der Waals surface area contributed by atoms with Gasteiger partial charge < -0.3 is 9.84 Å². The van der Waals surface area contributed by atoms with Gasteiger partial charge in [0, 0.05) is 12.1 Å². The van der Waals surface area contributed by atoms with Crippen molar-refractivity contribution in [1.82, 2.24) is 0 Å². The first-order chi connectivity index (χ1) is 9.97. The lowest BCUT2D eigenvalue weighted by molar-refractivity contribution is -0.116. The van der Waals surface area contributed by atoms with Gasteiger partial charge in [-0.1, -0.05) is 18.2 Å². The van der Waals surface area contributed by atoms with E-state index in [-0.39, 0.29) is 5.75 Å². The Hall–Kier alpha value is -2.69. The minimum Gasteiger partial charge on any atom is -0.507 e. The summed E-state index contributed by atoms with van der Waals surface area (Å²) in [5.74, 6) is -2.10. The quantitative estimate of drug-likeness (QED) is 0.675. The molecule has 0 saturated carbocycles. The fraction of sp³-hybridized carbons (Fsp3) is 0.125. The van der Waals surface area contributed by atoms with E-state index in [1.54, 1.807) is 30.3 Å². The summed E-state index contributed by atoms with van der Waals surface area (Å²) in [7, 11) is 0. The number of halogens is 1. The first kappa shape index (κ1) is 14.7. The number of rotatable bonds is 5. The van der Waals surface area contributed by atoms with E-state index in [9.17, 15) is 19.1 Å². The number of hydrogen-bond donors (Lipinski definition) is 1. The van der Waals surface area contributed by atoms with Crippen molar-refractivity contribution in [2.75, 3.05) is 0 Å². The molecule has 0 aliphatic carbocycles. The summed E-state index contributed by atoms with van der Waals surface area (Å²) in [6.07, 6.45) is -0.455. The van der Waals surface area contributed by atoms with Crippen LogP contribution < -0.4 is 4.74 Å². The molecule has 0 aliphatic heterocycles. The molecule has 0 amide bonds. The van der Waals surface area contributed by atoms with Gasteiger partial charge in [-0.2, -0.15) is 0 Å². The molecule has 21 heavy (non-hydrogen) atoms. The third kappa shape index (κ3) is 3.66. The lowest BCUT2D eigenvalue weighted by Crippen LogP contribution is -2.07. The lowest BCUT2D eigenvalue weighted by atomic mass is 10.0. The van der Waals surface area contributed by atoms with E-state index >= 15 is 0 Å². The van der Waals surface area contributed by atoms with Crippen molar-refractivity contribution < 1.29 is 23.8 Å². The summed E-state index contributed by atoms with van der Waals surface area (Å²) < 4.78 is 19.3. The molecule has 5 heteroatoms. The van der Waals surface area contributed by atoms with Gasteiger partial charge in [-0.25, -0.2) is 4.39 Å². The van der Waals surface area contributed by atoms with Crippen molar-refractivity contribution in [3.8, 4) is 17.2 Å². The minimum atomic E-state index is -0.924. The molecule has 0 saturated heterocycles. The highest BCUT2D eigenvalue weighted by molar-refractivity contribution is 6.08. The van der Waals surface area contributed by atoms with Gasteiger partial charge in [0.15, 0.2) is 5.78 Å². The Morgan fingerprint density at radius 2 is 1.81 bits per heavy atom. The Bertz CT molecular complexity index is 657. The number of ether oxygens (including phenoxy) is 1. The predicted molar refractivity (Wildman–Crippen MR) is 74.2 cm³/mol. The minimum absolute atomic E-state index is 0.0653. The molecule has 0 unspecified atom stereocenters. The fourth-order valence-corrected chi connectivity index (χ4v) is 1.84. The Kier molecular flexibility index (Phi) is 4.33. The molecule has 0 fully saturated rings.